The van der Waals surface area contributed by atoms with Crippen LogP contribution < -0.4 is 0 Å². The van der Waals surface area contributed by atoms with E-state index in [0.29, 0.717) is 11.7 Å². The van der Waals surface area contributed by atoms with Gasteiger partial charge in [-0.25, -0.2) is 0 Å². The van der Waals surface area contributed by atoms with Crippen LogP contribution in [0.2, 0.25) is 0 Å². The third-order valence-electron chi connectivity index (χ3n) is 3.22. The van der Waals surface area contributed by atoms with Gasteiger partial charge in [0.15, 0.2) is 0 Å². The van der Waals surface area contributed by atoms with Crippen LogP contribution in [-0.2, 0) is 4.79 Å². The first-order valence-corrected chi connectivity index (χ1v) is 5.65. The van der Waals surface area contributed by atoms with Gasteiger partial charge < -0.3 is 0 Å². The average Bonchev–Trinajstić information content (AvgIpc) is 2.61. The molecular formula is C11H9IO. The van der Waals surface area contributed by atoms with Crippen LogP contribution in [0.15, 0.2) is 18.2 Å². The topological polar surface area (TPSA) is 17.1 Å². The molecule has 2 heteroatoms. The first kappa shape index (κ1) is 7.97. The van der Waals surface area contributed by atoms with E-state index in [1.165, 1.54) is 14.7 Å². The highest BCUT2D eigenvalue weighted by atomic mass is 127. The SMILES string of the molecule is O=C1C[C@H]2C[C@@H]1c1ccc(I)cc12. The minimum Gasteiger partial charge on any atom is -0.299 e. The minimum absolute atomic E-state index is 0.247. The summed E-state index contributed by atoms with van der Waals surface area (Å²) in [5.41, 5.74) is 2.75. The van der Waals surface area contributed by atoms with Gasteiger partial charge in [-0.1, -0.05) is 6.07 Å². The fourth-order valence-corrected chi connectivity index (χ4v) is 3.15. The Morgan fingerprint density at radius 2 is 2.15 bits per heavy atom. The highest BCUT2D eigenvalue weighted by Gasteiger charge is 2.42. The molecule has 1 saturated carbocycles. The third kappa shape index (κ3) is 1.01. The van der Waals surface area contributed by atoms with Crippen LogP contribution in [0.25, 0.3) is 0 Å². The molecule has 3 rings (SSSR count). The normalized spacial score (nSPS) is 29.5. The Balaban J connectivity index is 2.21. The third-order valence-corrected chi connectivity index (χ3v) is 3.89. The van der Waals surface area contributed by atoms with Gasteiger partial charge >= 0.3 is 0 Å². The zero-order chi connectivity index (χ0) is 9.00. The molecule has 2 aliphatic carbocycles. The second-order valence-electron chi connectivity index (χ2n) is 3.93. The van der Waals surface area contributed by atoms with Gasteiger partial charge in [0.2, 0.25) is 0 Å². The van der Waals surface area contributed by atoms with Gasteiger partial charge in [0.25, 0.3) is 0 Å². The number of hydrogen-bond donors (Lipinski definition) is 0. The quantitative estimate of drug-likeness (QED) is 0.669. The Bertz CT molecular complexity index is 397. The van der Waals surface area contributed by atoms with E-state index in [2.05, 4.69) is 40.8 Å². The molecule has 2 atom stereocenters. The maximum atomic E-state index is 11.5. The Morgan fingerprint density at radius 1 is 1.31 bits per heavy atom. The van der Waals surface area contributed by atoms with E-state index in [0.717, 1.165) is 12.8 Å². The minimum atomic E-state index is 0.247. The Labute approximate surface area is 90.7 Å². The van der Waals surface area contributed by atoms with Crippen molar-refractivity contribution in [3.05, 3.63) is 32.9 Å². The molecule has 1 nitrogen and oxygen atoms in total. The van der Waals surface area contributed by atoms with Gasteiger partial charge in [-0.2, -0.15) is 0 Å². The lowest BCUT2D eigenvalue weighted by Crippen LogP contribution is -2.08. The Kier molecular flexibility index (Phi) is 1.57. The molecule has 2 bridgehead atoms. The Hall–Kier alpha value is -0.380. The predicted octanol–water partition coefficient (Wildman–Crippen LogP) is 2.83. The number of carbonyl (C=O) groups is 1. The lowest BCUT2D eigenvalue weighted by molar-refractivity contribution is -0.118. The van der Waals surface area contributed by atoms with E-state index in [4.69, 9.17) is 0 Å². The molecule has 13 heavy (non-hydrogen) atoms. The standard InChI is InChI=1S/C11H9IO/c12-7-1-2-8-9(5-7)6-3-10(8)11(13)4-6/h1-2,5-6,10H,3-4H2/t6-,10-/m1/s1. The zero-order valence-electron chi connectivity index (χ0n) is 7.09. The van der Waals surface area contributed by atoms with Crippen molar-refractivity contribution in [2.75, 3.05) is 0 Å². The molecule has 1 aromatic carbocycles. The second kappa shape index (κ2) is 2.56. The summed E-state index contributed by atoms with van der Waals surface area (Å²) in [4.78, 5) is 11.5. The van der Waals surface area contributed by atoms with E-state index >= 15 is 0 Å². The largest absolute Gasteiger partial charge is 0.299 e. The highest BCUT2D eigenvalue weighted by molar-refractivity contribution is 14.1. The molecule has 1 fully saturated rings. The van der Waals surface area contributed by atoms with E-state index in [-0.39, 0.29) is 5.92 Å². The van der Waals surface area contributed by atoms with Crippen molar-refractivity contribution in [2.45, 2.75) is 24.7 Å². The summed E-state index contributed by atoms with van der Waals surface area (Å²) in [7, 11) is 0. The second-order valence-corrected chi connectivity index (χ2v) is 5.17. The van der Waals surface area contributed by atoms with E-state index < -0.39 is 0 Å². The molecule has 0 heterocycles. The first-order valence-electron chi connectivity index (χ1n) is 4.58. The molecule has 0 spiro atoms. The number of fused-ring (bicyclic) bond motifs is 5. The van der Waals surface area contributed by atoms with Gasteiger partial charge in [0.05, 0.1) is 0 Å². The fourth-order valence-electron chi connectivity index (χ4n) is 2.64. The number of halogens is 1. The molecule has 66 valence electrons. The summed E-state index contributed by atoms with van der Waals surface area (Å²) in [5, 5.41) is 0. The highest BCUT2D eigenvalue weighted by Crippen LogP contribution is 2.51. The lowest BCUT2D eigenvalue weighted by atomic mass is 9.91. The van der Waals surface area contributed by atoms with E-state index in [1.807, 2.05) is 0 Å². The summed E-state index contributed by atoms with van der Waals surface area (Å²) in [5.74, 6) is 1.25. The number of carbonyl (C=O) groups excluding carboxylic acids is 1. The molecule has 1 aromatic rings. The number of Topliss-reactive ketones (excluding diaryl/α,β-unsaturated/α-hetero) is 1. The van der Waals surface area contributed by atoms with Gasteiger partial charge in [0, 0.05) is 15.9 Å². The van der Waals surface area contributed by atoms with Crippen molar-refractivity contribution >= 4 is 28.4 Å². The smallest absolute Gasteiger partial charge is 0.140 e. The van der Waals surface area contributed by atoms with Crippen LogP contribution in [0.5, 0.6) is 0 Å². The number of benzene rings is 1. The molecule has 0 amide bonds. The summed E-state index contributed by atoms with van der Waals surface area (Å²) >= 11 is 2.33. The molecule has 0 aliphatic heterocycles. The monoisotopic (exact) mass is 284 g/mol. The summed E-state index contributed by atoms with van der Waals surface area (Å²) in [6, 6.07) is 6.49. The van der Waals surface area contributed by atoms with Gasteiger partial charge in [-0.15, -0.1) is 0 Å². The first-order chi connectivity index (χ1) is 6.25. The van der Waals surface area contributed by atoms with Gasteiger partial charge in [-0.3, -0.25) is 4.79 Å². The van der Waals surface area contributed by atoms with Crippen molar-refractivity contribution < 1.29 is 4.79 Å². The van der Waals surface area contributed by atoms with Gasteiger partial charge in [-0.05, 0) is 58.2 Å². The molecule has 0 radical (unpaired) electrons. The van der Waals surface area contributed by atoms with E-state index in [9.17, 15) is 4.79 Å². The van der Waals surface area contributed by atoms with Crippen LogP contribution >= 0.6 is 22.6 Å². The van der Waals surface area contributed by atoms with Crippen molar-refractivity contribution in [3.63, 3.8) is 0 Å². The van der Waals surface area contributed by atoms with Crippen LogP contribution in [0.1, 0.15) is 35.8 Å². The van der Waals surface area contributed by atoms with Crippen LogP contribution in [0.3, 0.4) is 0 Å². The van der Waals surface area contributed by atoms with Crippen LogP contribution in [0, 0.1) is 3.57 Å². The molecule has 0 aromatic heterocycles. The van der Waals surface area contributed by atoms with Crippen LogP contribution in [-0.4, -0.2) is 5.78 Å². The molecule has 2 aliphatic rings. The lowest BCUT2D eigenvalue weighted by Gasteiger charge is -2.13. The van der Waals surface area contributed by atoms with Crippen molar-refractivity contribution in [1.82, 2.24) is 0 Å². The fraction of sp³-hybridized carbons (Fsp3) is 0.364. The number of hydrogen-bond acceptors (Lipinski definition) is 1. The summed E-state index contributed by atoms with van der Waals surface area (Å²) in [6.07, 6.45) is 1.87. The maximum absolute atomic E-state index is 11.5. The van der Waals surface area contributed by atoms with Gasteiger partial charge in [0.1, 0.15) is 5.78 Å². The predicted molar refractivity (Wildman–Crippen MR) is 58.9 cm³/mol. The van der Waals surface area contributed by atoms with Crippen molar-refractivity contribution in [1.29, 1.82) is 0 Å². The van der Waals surface area contributed by atoms with Crippen LogP contribution in [0.4, 0.5) is 0 Å². The summed E-state index contributed by atoms with van der Waals surface area (Å²) in [6.45, 7) is 0. The Morgan fingerprint density at radius 3 is 3.00 bits per heavy atom. The molecule has 0 unspecified atom stereocenters. The molecule has 0 N–H and O–H groups in total. The van der Waals surface area contributed by atoms with Crippen molar-refractivity contribution in [3.8, 4) is 0 Å². The average molecular weight is 284 g/mol. The number of ketones is 1. The summed E-state index contributed by atoms with van der Waals surface area (Å²) < 4.78 is 1.29. The number of rotatable bonds is 0. The molecular weight excluding hydrogens is 275 g/mol. The van der Waals surface area contributed by atoms with E-state index in [1.54, 1.807) is 0 Å². The zero-order valence-corrected chi connectivity index (χ0v) is 9.24. The molecule has 0 saturated heterocycles. The van der Waals surface area contributed by atoms with Crippen molar-refractivity contribution in [2.24, 2.45) is 0 Å². The maximum Gasteiger partial charge on any atom is 0.140 e.